The number of carbonyl (C=O) groups is 1. The van der Waals surface area contributed by atoms with Gasteiger partial charge in [0.2, 0.25) is 0 Å². The lowest BCUT2D eigenvalue weighted by atomic mass is 10.1. The molecule has 0 bridgehead atoms. The fraction of sp³-hybridized carbons (Fsp3) is 0.238. The first-order valence-corrected chi connectivity index (χ1v) is 8.87. The van der Waals surface area contributed by atoms with Crippen molar-refractivity contribution in [2.75, 3.05) is 11.4 Å². The number of amides is 1. The van der Waals surface area contributed by atoms with Gasteiger partial charge in [0.15, 0.2) is 0 Å². The molecule has 2 aromatic carbocycles. The summed E-state index contributed by atoms with van der Waals surface area (Å²) in [6.45, 7) is 4.77. The number of hydrogen-bond donors (Lipinski definition) is 0. The number of hydrogen-bond acceptors (Lipinski definition) is 3. The zero-order chi connectivity index (χ0) is 19.0. The van der Waals surface area contributed by atoms with Crippen molar-refractivity contribution in [3.63, 3.8) is 0 Å². The van der Waals surface area contributed by atoms with E-state index in [0.29, 0.717) is 30.2 Å². The first kappa shape index (κ1) is 17.3. The summed E-state index contributed by atoms with van der Waals surface area (Å²) >= 11 is 0. The minimum absolute atomic E-state index is 0.00923. The fourth-order valence-corrected chi connectivity index (χ4v) is 3.29. The minimum atomic E-state index is -0.322. The molecule has 1 aliphatic rings. The van der Waals surface area contributed by atoms with Crippen LogP contribution in [0.2, 0.25) is 0 Å². The van der Waals surface area contributed by atoms with Gasteiger partial charge in [0.25, 0.3) is 5.91 Å². The lowest BCUT2D eigenvalue weighted by Crippen LogP contribution is -2.42. The first-order chi connectivity index (χ1) is 13.0. The van der Waals surface area contributed by atoms with Gasteiger partial charge < -0.3 is 9.64 Å². The second kappa shape index (κ2) is 6.87. The second-order valence-electron chi connectivity index (χ2n) is 6.76. The monoisotopic (exact) mass is 365 g/mol. The Morgan fingerprint density at radius 2 is 1.93 bits per heavy atom. The highest BCUT2D eigenvalue weighted by Crippen LogP contribution is 2.27. The second-order valence-corrected chi connectivity index (χ2v) is 6.76. The number of para-hydroxylation sites is 1. The molecule has 27 heavy (non-hydrogen) atoms. The van der Waals surface area contributed by atoms with E-state index in [1.165, 1.54) is 12.1 Å². The van der Waals surface area contributed by atoms with Crippen molar-refractivity contribution in [1.82, 2.24) is 9.78 Å². The van der Waals surface area contributed by atoms with Gasteiger partial charge in [-0.25, -0.2) is 4.39 Å². The Morgan fingerprint density at radius 3 is 2.67 bits per heavy atom. The van der Waals surface area contributed by atoms with Gasteiger partial charge in [0.1, 0.15) is 29.6 Å². The van der Waals surface area contributed by atoms with Crippen LogP contribution in [0.5, 0.6) is 5.75 Å². The van der Waals surface area contributed by atoms with Gasteiger partial charge in [-0.15, -0.1) is 0 Å². The summed E-state index contributed by atoms with van der Waals surface area (Å²) in [6, 6.07) is 15.5. The zero-order valence-corrected chi connectivity index (χ0v) is 15.2. The van der Waals surface area contributed by atoms with E-state index in [2.05, 4.69) is 5.10 Å². The summed E-state index contributed by atoms with van der Waals surface area (Å²) in [4.78, 5) is 14.6. The van der Waals surface area contributed by atoms with Gasteiger partial charge in [0.05, 0.1) is 6.04 Å². The maximum atomic E-state index is 13.2. The molecule has 6 heteroatoms. The topological polar surface area (TPSA) is 47.4 Å². The van der Waals surface area contributed by atoms with E-state index in [1.54, 1.807) is 27.8 Å². The summed E-state index contributed by atoms with van der Waals surface area (Å²) < 4.78 is 20.8. The standard InChI is InChI=1S/C21H20FN3O2/c1-14-5-3-4-6-20(14)27-13-17-11-19-21(26)24(12-15(2)25(19)23-17)18-9-7-16(22)8-10-18/h3-11,15H,12-13H2,1-2H3/t15-/m1/s1. The lowest BCUT2D eigenvalue weighted by molar-refractivity contribution is 0.0953. The molecule has 0 fully saturated rings. The number of fused-ring (bicyclic) bond motifs is 1. The summed E-state index contributed by atoms with van der Waals surface area (Å²) in [7, 11) is 0. The van der Waals surface area contributed by atoms with Crippen LogP contribution in [-0.4, -0.2) is 22.2 Å². The smallest absolute Gasteiger partial charge is 0.276 e. The van der Waals surface area contributed by atoms with Crippen molar-refractivity contribution in [2.24, 2.45) is 0 Å². The number of aryl methyl sites for hydroxylation is 1. The van der Waals surface area contributed by atoms with E-state index in [4.69, 9.17) is 4.74 Å². The molecule has 138 valence electrons. The van der Waals surface area contributed by atoms with E-state index in [0.717, 1.165) is 11.3 Å². The molecule has 0 saturated carbocycles. The van der Waals surface area contributed by atoms with Crippen LogP contribution in [0.25, 0.3) is 0 Å². The Bertz CT molecular complexity index is 981. The van der Waals surface area contributed by atoms with Crippen LogP contribution in [0.4, 0.5) is 10.1 Å². The molecule has 0 aliphatic carbocycles. The number of benzene rings is 2. The van der Waals surface area contributed by atoms with Gasteiger partial charge in [0, 0.05) is 12.2 Å². The van der Waals surface area contributed by atoms with E-state index < -0.39 is 0 Å². The normalized spacial score (nSPS) is 16.3. The van der Waals surface area contributed by atoms with Crippen LogP contribution in [0.15, 0.2) is 54.6 Å². The Morgan fingerprint density at radius 1 is 1.19 bits per heavy atom. The van der Waals surface area contributed by atoms with Crippen molar-refractivity contribution < 1.29 is 13.9 Å². The van der Waals surface area contributed by atoms with Crippen molar-refractivity contribution in [3.8, 4) is 5.75 Å². The number of nitrogens with zero attached hydrogens (tertiary/aromatic N) is 3. The van der Waals surface area contributed by atoms with Crippen molar-refractivity contribution in [3.05, 3.63) is 77.4 Å². The molecule has 1 aliphatic heterocycles. The van der Waals surface area contributed by atoms with E-state index in [-0.39, 0.29) is 17.8 Å². The third kappa shape index (κ3) is 3.30. The first-order valence-electron chi connectivity index (χ1n) is 8.87. The molecule has 1 aromatic heterocycles. The maximum absolute atomic E-state index is 13.2. The van der Waals surface area contributed by atoms with Crippen molar-refractivity contribution in [1.29, 1.82) is 0 Å². The molecule has 4 rings (SSSR count). The van der Waals surface area contributed by atoms with Crippen LogP contribution in [0.1, 0.15) is 34.7 Å². The van der Waals surface area contributed by atoms with Crippen LogP contribution >= 0.6 is 0 Å². The molecule has 1 amide bonds. The predicted octanol–water partition coefficient (Wildman–Crippen LogP) is 4.13. The fourth-order valence-electron chi connectivity index (χ4n) is 3.29. The average molecular weight is 365 g/mol. The van der Waals surface area contributed by atoms with Gasteiger partial charge in [-0.3, -0.25) is 9.48 Å². The lowest BCUT2D eigenvalue weighted by Gasteiger charge is -2.31. The molecular weight excluding hydrogens is 345 g/mol. The summed E-state index contributed by atoms with van der Waals surface area (Å²) in [5, 5.41) is 4.55. The highest BCUT2D eigenvalue weighted by molar-refractivity contribution is 6.05. The molecule has 5 nitrogen and oxygen atoms in total. The van der Waals surface area contributed by atoms with E-state index in [9.17, 15) is 9.18 Å². The Kier molecular flexibility index (Phi) is 4.39. The van der Waals surface area contributed by atoms with Crippen LogP contribution < -0.4 is 9.64 Å². The molecule has 0 spiro atoms. The maximum Gasteiger partial charge on any atom is 0.276 e. The molecule has 0 unspecified atom stereocenters. The van der Waals surface area contributed by atoms with Crippen molar-refractivity contribution in [2.45, 2.75) is 26.5 Å². The van der Waals surface area contributed by atoms with E-state index in [1.807, 2.05) is 38.1 Å². The van der Waals surface area contributed by atoms with E-state index >= 15 is 0 Å². The van der Waals surface area contributed by atoms with Gasteiger partial charge in [-0.05, 0) is 55.8 Å². The van der Waals surface area contributed by atoms with Crippen molar-refractivity contribution >= 4 is 11.6 Å². The van der Waals surface area contributed by atoms with Crippen LogP contribution in [0, 0.1) is 12.7 Å². The molecule has 0 radical (unpaired) electrons. The molecule has 0 N–H and O–H groups in total. The molecular formula is C21H20FN3O2. The third-order valence-electron chi connectivity index (χ3n) is 4.72. The zero-order valence-electron chi connectivity index (χ0n) is 15.2. The van der Waals surface area contributed by atoms with Gasteiger partial charge in [-0.1, -0.05) is 18.2 Å². The summed E-state index contributed by atoms with van der Waals surface area (Å²) in [6.07, 6.45) is 0. The summed E-state index contributed by atoms with van der Waals surface area (Å²) in [5.41, 5.74) is 2.95. The number of ether oxygens (including phenoxy) is 1. The Labute approximate surface area is 157 Å². The number of halogens is 1. The Balaban J connectivity index is 1.56. The van der Waals surface area contributed by atoms with Gasteiger partial charge >= 0.3 is 0 Å². The largest absolute Gasteiger partial charge is 0.487 e. The molecule has 2 heterocycles. The molecule has 0 saturated heterocycles. The predicted molar refractivity (Wildman–Crippen MR) is 101 cm³/mol. The molecule has 3 aromatic rings. The minimum Gasteiger partial charge on any atom is -0.487 e. The van der Waals surface area contributed by atoms with Gasteiger partial charge in [-0.2, -0.15) is 5.10 Å². The number of aromatic nitrogens is 2. The highest BCUT2D eigenvalue weighted by Gasteiger charge is 2.31. The number of carbonyl (C=O) groups excluding carboxylic acids is 1. The Hall–Kier alpha value is -3.15. The van der Waals surface area contributed by atoms with Crippen LogP contribution in [0.3, 0.4) is 0 Å². The van der Waals surface area contributed by atoms with Crippen LogP contribution in [-0.2, 0) is 6.61 Å². The average Bonchev–Trinajstić information content (AvgIpc) is 3.10. The highest BCUT2D eigenvalue weighted by atomic mass is 19.1. The third-order valence-corrected chi connectivity index (χ3v) is 4.72. The SMILES string of the molecule is Cc1ccccc1OCc1cc2n(n1)[C@H](C)CN(c1ccc(F)cc1)C2=O. The summed E-state index contributed by atoms with van der Waals surface area (Å²) in [5.74, 6) is 0.335. The number of anilines is 1. The quantitative estimate of drug-likeness (QED) is 0.698. The number of rotatable bonds is 4. The molecule has 1 atom stereocenters.